The van der Waals surface area contributed by atoms with Gasteiger partial charge in [-0.15, -0.1) is 11.8 Å². The molecule has 27 heavy (non-hydrogen) atoms. The number of aromatic amines is 1. The number of carbonyl (C=O) groups is 1. The maximum Gasteiger partial charge on any atom is 0.258 e. The van der Waals surface area contributed by atoms with Gasteiger partial charge in [0.2, 0.25) is 0 Å². The quantitative estimate of drug-likeness (QED) is 0.623. The molecule has 0 radical (unpaired) electrons. The minimum absolute atomic E-state index is 0.0735. The van der Waals surface area contributed by atoms with Crippen LogP contribution in [0.1, 0.15) is 29.5 Å². The summed E-state index contributed by atoms with van der Waals surface area (Å²) in [6.07, 6.45) is 2.75. The van der Waals surface area contributed by atoms with E-state index in [4.69, 9.17) is 11.6 Å². The lowest BCUT2D eigenvalue weighted by molar-refractivity contribution is 0.0735. The second-order valence-corrected chi connectivity index (χ2v) is 7.39. The molecule has 3 rings (SSSR count). The first-order valence-corrected chi connectivity index (χ1v) is 10.2. The summed E-state index contributed by atoms with van der Waals surface area (Å²) >= 11 is 7.56. The van der Waals surface area contributed by atoms with Crippen LogP contribution in [0, 0.1) is 0 Å². The third kappa shape index (κ3) is 4.34. The lowest BCUT2D eigenvalue weighted by Crippen LogP contribution is -2.33. The van der Waals surface area contributed by atoms with Crippen molar-refractivity contribution in [2.75, 3.05) is 12.8 Å². The van der Waals surface area contributed by atoms with Crippen molar-refractivity contribution in [3.63, 3.8) is 0 Å². The SMILES string of the molecule is CCCN(Cc1nc2cc(Cl)ccc2c(=O)[nH]1)C(=O)c1ccccc1SC. The summed E-state index contributed by atoms with van der Waals surface area (Å²) in [5, 5.41) is 0.992. The molecule has 3 aromatic rings. The van der Waals surface area contributed by atoms with Crippen LogP contribution >= 0.6 is 23.4 Å². The predicted octanol–water partition coefficient (Wildman–Crippen LogP) is 4.35. The standard InChI is InChI=1S/C20H20ClN3O2S/c1-3-10-24(20(26)15-6-4-5-7-17(15)27-2)12-18-22-16-11-13(21)8-9-14(16)19(25)23-18/h4-9,11H,3,10,12H2,1-2H3,(H,22,23,25). The van der Waals surface area contributed by atoms with Gasteiger partial charge >= 0.3 is 0 Å². The molecule has 7 heteroatoms. The molecule has 1 N–H and O–H groups in total. The van der Waals surface area contributed by atoms with Crippen molar-refractivity contribution in [1.29, 1.82) is 0 Å². The Morgan fingerprint density at radius 2 is 2.04 bits per heavy atom. The number of halogens is 1. The Hall–Kier alpha value is -2.31. The highest BCUT2D eigenvalue weighted by atomic mass is 35.5. The number of rotatable bonds is 6. The molecule has 0 aliphatic carbocycles. The van der Waals surface area contributed by atoms with E-state index in [9.17, 15) is 9.59 Å². The van der Waals surface area contributed by atoms with Crippen molar-refractivity contribution < 1.29 is 4.79 Å². The highest BCUT2D eigenvalue weighted by Gasteiger charge is 2.19. The van der Waals surface area contributed by atoms with Gasteiger partial charge in [-0.2, -0.15) is 0 Å². The summed E-state index contributed by atoms with van der Waals surface area (Å²) in [5.74, 6) is 0.369. The van der Waals surface area contributed by atoms with Gasteiger partial charge in [0, 0.05) is 16.5 Å². The van der Waals surface area contributed by atoms with Crippen LogP contribution in [0.4, 0.5) is 0 Å². The van der Waals surface area contributed by atoms with E-state index in [2.05, 4.69) is 9.97 Å². The van der Waals surface area contributed by atoms with Crippen LogP contribution in [-0.4, -0.2) is 33.6 Å². The topological polar surface area (TPSA) is 66.1 Å². The number of thioether (sulfide) groups is 1. The molecule has 1 amide bonds. The number of benzene rings is 2. The van der Waals surface area contributed by atoms with Gasteiger partial charge < -0.3 is 9.88 Å². The molecule has 0 spiro atoms. The first kappa shape index (κ1) is 19.5. The fourth-order valence-electron chi connectivity index (χ4n) is 2.93. The fourth-order valence-corrected chi connectivity index (χ4v) is 3.69. The number of hydrogen-bond acceptors (Lipinski definition) is 4. The Morgan fingerprint density at radius 3 is 2.78 bits per heavy atom. The van der Waals surface area contributed by atoms with Crippen molar-refractivity contribution in [1.82, 2.24) is 14.9 Å². The van der Waals surface area contributed by atoms with Crippen LogP contribution in [0.15, 0.2) is 52.2 Å². The Balaban J connectivity index is 1.96. The van der Waals surface area contributed by atoms with Crippen molar-refractivity contribution in [2.45, 2.75) is 24.8 Å². The Kier molecular flexibility index (Phi) is 6.19. The minimum Gasteiger partial charge on any atom is -0.331 e. The molecular formula is C20H20ClN3O2S. The van der Waals surface area contributed by atoms with Crippen LogP contribution in [0.25, 0.3) is 10.9 Å². The lowest BCUT2D eigenvalue weighted by atomic mass is 10.2. The number of aromatic nitrogens is 2. The summed E-state index contributed by atoms with van der Waals surface area (Å²) in [7, 11) is 0. The smallest absolute Gasteiger partial charge is 0.258 e. The van der Waals surface area contributed by atoms with E-state index >= 15 is 0 Å². The van der Waals surface area contributed by atoms with Gasteiger partial charge in [-0.1, -0.05) is 30.7 Å². The number of nitrogens with one attached hydrogen (secondary N) is 1. The average Bonchev–Trinajstić information content (AvgIpc) is 2.66. The molecule has 0 bridgehead atoms. The molecule has 1 aromatic heterocycles. The van der Waals surface area contributed by atoms with E-state index in [0.717, 1.165) is 11.3 Å². The first-order valence-electron chi connectivity index (χ1n) is 8.64. The van der Waals surface area contributed by atoms with Crippen LogP contribution in [0.2, 0.25) is 5.02 Å². The van der Waals surface area contributed by atoms with Gasteiger partial charge in [-0.25, -0.2) is 4.98 Å². The minimum atomic E-state index is -0.236. The molecule has 0 saturated carbocycles. The number of nitrogens with zero attached hydrogens (tertiary/aromatic N) is 2. The number of fused-ring (bicyclic) bond motifs is 1. The van der Waals surface area contributed by atoms with E-state index in [-0.39, 0.29) is 18.0 Å². The summed E-state index contributed by atoms with van der Waals surface area (Å²) in [4.78, 5) is 35.4. The monoisotopic (exact) mass is 401 g/mol. The molecule has 0 unspecified atom stereocenters. The zero-order valence-electron chi connectivity index (χ0n) is 15.2. The maximum absolute atomic E-state index is 13.1. The lowest BCUT2D eigenvalue weighted by Gasteiger charge is -2.22. The van der Waals surface area contributed by atoms with Crippen molar-refractivity contribution >= 4 is 40.2 Å². The molecule has 5 nitrogen and oxygen atoms in total. The molecule has 2 aromatic carbocycles. The summed E-state index contributed by atoms with van der Waals surface area (Å²) < 4.78 is 0. The van der Waals surface area contributed by atoms with Crippen LogP contribution < -0.4 is 5.56 Å². The zero-order chi connectivity index (χ0) is 19.4. The Bertz CT molecular complexity index is 1040. The van der Waals surface area contributed by atoms with E-state index in [1.165, 1.54) is 11.8 Å². The predicted molar refractivity (Wildman–Crippen MR) is 111 cm³/mol. The number of H-pyrrole nitrogens is 1. The zero-order valence-corrected chi connectivity index (χ0v) is 16.7. The van der Waals surface area contributed by atoms with Gasteiger partial charge in [0.15, 0.2) is 0 Å². The largest absolute Gasteiger partial charge is 0.331 e. The van der Waals surface area contributed by atoms with Crippen LogP contribution in [0.5, 0.6) is 0 Å². The van der Waals surface area contributed by atoms with Crippen LogP contribution in [0.3, 0.4) is 0 Å². The van der Waals surface area contributed by atoms with E-state index < -0.39 is 0 Å². The molecule has 0 saturated heterocycles. The maximum atomic E-state index is 13.1. The molecule has 0 aliphatic rings. The second-order valence-electron chi connectivity index (χ2n) is 6.10. The van der Waals surface area contributed by atoms with Crippen molar-refractivity contribution in [3.05, 3.63) is 69.2 Å². The third-order valence-electron chi connectivity index (χ3n) is 4.18. The summed E-state index contributed by atoms with van der Waals surface area (Å²) in [5.41, 5.74) is 0.944. The highest BCUT2D eigenvalue weighted by molar-refractivity contribution is 7.98. The first-order chi connectivity index (χ1) is 13.0. The van der Waals surface area contributed by atoms with Gasteiger partial charge in [0.1, 0.15) is 5.82 Å². The molecule has 140 valence electrons. The Labute approximate surface area is 166 Å². The van der Waals surface area contributed by atoms with Gasteiger partial charge in [-0.3, -0.25) is 9.59 Å². The normalized spacial score (nSPS) is 10.9. The molecule has 0 atom stereocenters. The van der Waals surface area contributed by atoms with Gasteiger partial charge in [0.25, 0.3) is 11.5 Å². The van der Waals surface area contributed by atoms with E-state index in [1.54, 1.807) is 23.1 Å². The number of amides is 1. The molecule has 1 heterocycles. The molecule has 0 aliphatic heterocycles. The number of hydrogen-bond donors (Lipinski definition) is 1. The van der Waals surface area contributed by atoms with Crippen LogP contribution in [-0.2, 0) is 6.54 Å². The van der Waals surface area contributed by atoms with Gasteiger partial charge in [-0.05, 0) is 43.0 Å². The molecule has 0 fully saturated rings. The van der Waals surface area contributed by atoms with E-state index in [0.29, 0.717) is 33.9 Å². The third-order valence-corrected chi connectivity index (χ3v) is 5.21. The Morgan fingerprint density at radius 1 is 1.26 bits per heavy atom. The number of carbonyl (C=O) groups excluding carboxylic acids is 1. The van der Waals surface area contributed by atoms with Crippen molar-refractivity contribution in [3.8, 4) is 0 Å². The average molecular weight is 402 g/mol. The second kappa shape index (κ2) is 8.59. The van der Waals surface area contributed by atoms with Gasteiger partial charge in [0.05, 0.1) is 23.0 Å². The molecular weight excluding hydrogens is 382 g/mol. The van der Waals surface area contributed by atoms with E-state index in [1.807, 2.05) is 37.4 Å². The fraction of sp³-hybridized carbons (Fsp3) is 0.250. The van der Waals surface area contributed by atoms with Crippen molar-refractivity contribution in [2.24, 2.45) is 0 Å². The summed E-state index contributed by atoms with van der Waals surface area (Å²) in [6.45, 7) is 2.81. The highest BCUT2D eigenvalue weighted by Crippen LogP contribution is 2.22. The summed E-state index contributed by atoms with van der Waals surface area (Å²) in [6, 6.07) is 12.5.